The van der Waals surface area contributed by atoms with Gasteiger partial charge in [0.05, 0.1) is 0 Å². The molecule has 0 aliphatic carbocycles. The smallest absolute Gasteiger partial charge is 0.652 e. The first-order valence-electron chi connectivity index (χ1n) is 1.90. The zero-order chi connectivity index (χ0) is 10.7. The minimum Gasteiger partial charge on any atom is -0.652 e. The Morgan fingerprint density at radius 2 is 0.867 bits per heavy atom. The molecule has 0 radical (unpaired) electrons. The predicted octanol–water partition coefficient (Wildman–Crippen LogP) is -12.3. The van der Waals surface area contributed by atoms with E-state index in [-0.39, 0.29) is 99.8 Å². The van der Waals surface area contributed by atoms with E-state index in [4.69, 9.17) is 45.0 Å². The quantitative estimate of drug-likeness (QED) is 0.352. The molecule has 72 valence electrons. The number of carbonyl (C=O) groups excluding carboxylic acids is 1. The van der Waals surface area contributed by atoms with Gasteiger partial charge in [-0.2, -0.15) is 0 Å². The summed E-state index contributed by atoms with van der Waals surface area (Å²) in [6.07, 6.45) is -6.25. The van der Waals surface area contributed by atoms with E-state index in [9.17, 15) is 0 Å². The van der Waals surface area contributed by atoms with Crippen molar-refractivity contribution in [3.8, 4) is 0 Å². The van der Waals surface area contributed by atoms with Crippen LogP contribution >= 0.6 is 0 Å². The van der Waals surface area contributed by atoms with Gasteiger partial charge in [0.15, 0.2) is 0 Å². The van der Waals surface area contributed by atoms with Crippen LogP contribution in [0, 0.1) is 0 Å². The summed E-state index contributed by atoms with van der Waals surface area (Å²) < 4.78 is 0. The molecule has 0 fully saturated rings. The van der Waals surface area contributed by atoms with Gasteiger partial charge in [-0.25, -0.2) is 4.79 Å². The molecule has 0 aliphatic rings. The van der Waals surface area contributed by atoms with Gasteiger partial charge in [-0.1, -0.05) is 0 Å². The normalized spacial score (nSPS) is 4.80. The van der Waals surface area contributed by atoms with Crippen molar-refractivity contribution in [3.05, 3.63) is 0 Å². The Bertz CT molecular complexity index is 123. The molecule has 0 amide bonds. The van der Waals surface area contributed by atoms with E-state index in [1.807, 2.05) is 0 Å². The van der Waals surface area contributed by atoms with Crippen LogP contribution in [0.15, 0.2) is 0 Å². The molecular weight excluding hydrogens is 249 g/mol. The average molecular weight is 252 g/mol. The van der Waals surface area contributed by atoms with Gasteiger partial charge in [0.25, 0.3) is 0 Å². The Balaban J connectivity index is -0.0000000184. The largest absolute Gasteiger partial charge is 1.00 e. The van der Waals surface area contributed by atoms with Crippen LogP contribution in [-0.2, 0) is 0 Å². The summed E-state index contributed by atoms with van der Waals surface area (Å²) >= 11 is 0. The van der Waals surface area contributed by atoms with Crippen molar-refractivity contribution in [1.82, 2.24) is 0 Å². The summed E-state index contributed by atoms with van der Waals surface area (Å²) in [5, 5.41) is 45.9. The molecule has 9 nitrogen and oxygen atoms in total. The third-order valence-electron chi connectivity index (χ3n) is 0. The molecule has 0 aromatic heterocycles. The molecule has 0 rings (SSSR count). The molecule has 0 bridgehead atoms. The van der Waals surface area contributed by atoms with Crippen molar-refractivity contribution in [3.63, 3.8) is 0 Å². The Labute approximate surface area is 160 Å². The maximum Gasteiger partial charge on any atom is 1.00 e. The summed E-state index contributed by atoms with van der Waals surface area (Å²) in [6.45, 7) is 0. The van der Waals surface area contributed by atoms with Crippen LogP contribution in [0.25, 0.3) is 0 Å². The van der Waals surface area contributed by atoms with Crippen LogP contribution in [0.1, 0.15) is 0 Å². The van der Waals surface area contributed by atoms with Gasteiger partial charge in [0.1, 0.15) is 0 Å². The second-order valence-electron chi connectivity index (χ2n) is 0.798. The van der Waals surface area contributed by atoms with E-state index >= 15 is 0 Å². The monoisotopic (exact) mass is 252 g/mol. The Morgan fingerprint density at radius 3 is 0.867 bits per heavy atom. The fourth-order valence-electron chi connectivity index (χ4n) is 0. The fraction of sp³-hybridized carbons (Fsp3) is 0. The van der Waals surface area contributed by atoms with Crippen molar-refractivity contribution in [2.45, 2.75) is 0 Å². The molecule has 0 saturated carbocycles. The average Bonchev–Trinajstić information content (AvgIpc) is 1.54. The molecule has 0 spiro atoms. The standard InChI is InChI=1S/3CH2O3.K.Li.Na/c3*2-1(3)4;;;/h3*(H2,2,3,4);;;/q;;;3*+1/p-3. The molecule has 3 N–H and O–H groups in total. The van der Waals surface area contributed by atoms with Crippen molar-refractivity contribution in [2.24, 2.45) is 0 Å². The van der Waals surface area contributed by atoms with E-state index in [1.54, 1.807) is 0 Å². The van der Waals surface area contributed by atoms with Crippen LogP contribution in [0.3, 0.4) is 0 Å². The van der Waals surface area contributed by atoms with Gasteiger partial charge >= 0.3 is 106 Å². The SMILES string of the molecule is O=C(O)O.O=C([O-])O.O=C([O-])[O-].[K+].[Li+].[Na+]. The van der Waals surface area contributed by atoms with Crippen molar-refractivity contribution in [2.75, 3.05) is 0 Å². The van der Waals surface area contributed by atoms with E-state index < -0.39 is 18.5 Å². The van der Waals surface area contributed by atoms with Gasteiger partial charge in [-0.05, 0) is 6.16 Å². The summed E-state index contributed by atoms with van der Waals surface area (Å²) in [6, 6.07) is 0. The maximum atomic E-state index is 8.56. The second kappa shape index (κ2) is 29.4. The third-order valence-corrected chi connectivity index (χ3v) is 0. The van der Waals surface area contributed by atoms with E-state index in [2.05, 4.69) is 0 Å². The molecule has 0 aliphatic heterocycles. The molecule has 15 heavy (non-hydrogen) atoms. The van der Waals surface area contributed by atoms with E-state index in [0.717, 1.165) is 0 Å². The zero-order valence-electron chi connectivity index (χ0n) is 8.29. The van der Waals surface area contributed by atoms with E-state index in [1.165, 1.54) is 0 Å². The van der Waals surface area contributed by atoms with Crippen LogP contribution in [0.5, 0.6) is 0 Å². The first-order valence-corrected chi connectivity index (χ1v) is 1.90. The molecule has 0 unspecified atom stereocenters. The van der Waals surface area contributed by atoms with Gasteiger partial charge in [0, 0.05) is 0 Å². The molecule has 0 heterocycles. The molecule has 0 aromatic rings. The van der Waals surface area contributed by atoms with E-state index in [0.29, 0.717) is 0 Å². The molecule has 0 aromatic carbocycles. The second-order valence-corrected chi connectivity index (χ2v) is 0.798. The molecular formula is C3H3KLiNaO9. The van der Waals surface area contributed by atoms with Crippen molar-refractivity contribution >= 4 is 18.5 Å². The fourth-order valence-corrected chi connectivity index (χ4v) is 0. The number of rotatable bonds is 0. The Morgan fingerprint density at radius 1 is 0.867 bits per heavy atom. The van der Waals surface area contributed by atoms with Crippen LogP contribution in [0.2, 0.25) is 0 Å². The van der Waals surface area contributed by atoms with Crippen LogP contribution in [0.4, 0.5) is 14.4 Å². The predicted molar refractivity (Wildman–Crippen MR) is 24.1 cm³/mol. The van der Waals surface area contributed by atoms with Crippen molar-refractivity contribution < 1.29 is 145 Å². The zero-order valence-corrected chi connectivity index (χ0v) is 13.4. The summed E-state index contributed by atoms with van der Waals surface area (Å²) in [4.78, 5) is 25.3. The van der Waals surface area contributed by atoms with Crippen LogP contribution < -0.4 is 115 Å². The number of hydrogen-bond donors (Lipinski definition) is 3. The summed E-state index contributed by atoms with van der Waals surface area (Å²) in [7, 11) is 0. The van der Waals surface area contributed by atoms with Crippen LogP contribution in [-0.4, -0.2) is 33.8 Å². The summed E-state index contributed by atoms with van der Waals surface area (Å²) in [5.41, 5.74) is 0. The number of carbonyl (C=O) groups is 3. The topological polar surface area (TPSA) is 181 Å². The number of hydrogen-bond acceptors (Lipinski definition) is 6. The Hall–Kier alpha value is 1.04. The van der Waals surface area contributed by atoms with Gasteiger partial charge < -0.3 is 40.2 Å². The Kier molecular flexibility index (Phi) is 70.6. The first kappa shape index (κ1) is 36.0. The summed E-state index contributed by atoms with van der Waals surface area (Å²) in [5.74, 6) is 0. The minimum atomic E-state index is -2.33. The van der Waals surface area contributed by atoms with Gasteiger partial charge in [-0.3, -0.25) is 0 Å². The third kappa shape index (κ3) is 2350. The molecule has 12 heteroatoms. The molecule has 0 saturated heterocycles. The maximum absolute atomic E-state index is 8.56. The first-order chi connectivity index (χ1) is 5.20. The minimum absolute atomic E-state index is 0. The number of carboxylic acid groups (broad SMARTS) is 6. The molecule has 0 atom stereocenters. The van der Waals surface area contributed by atoms with Crippen molar-refractivity contribution in [1.29, 1.82) is 0 Å². The van der Waals surface area contributed by atoms with Gasteiger partial charge in [0.2, 0.25) is 6.16 Å². The van der Waals surface area contributed by atoms with Gasteiger partial charge in [-0.15, -0.1) is 0 Å².